The zero-order chi connectivity index (χ0) is 21.4. The molecule has 1 aromatic carbocycles. The van der Waals surface area contributed by atoms with Crippen molar-refractivity contribution in [2.45, 2.75) is 52.2 Å². The van der Waals surface area contributed by atoms with E-state index in [-0.39, 0.29) is 18.0 Å². The molecule has 0 unspecified atom stereocenters. The van der Waals surface area contributed by atoms with Crippen LogP contribution in [0.15, 0.2) is 30.5 Å². The zero-order valence-electron chi connectivity index (χ0n) is 18.2. The summed E-state index contributed by atoms with van der Waals surface area (Å²) in [6, 6.07) is 8.04. The van der Waals surface area contributed by atoms with Crippen LogP contribution >= 0.6 is 0 Å². The van der Waals surface area contributed by atoms with E-state index in [1.807, 2.05) is 40.8 Å². The number of carbonyl (C=O) groups is 1. The first-order valence-corrected chi connectivity index (χ1v) is 10.3. The summed E-state index contributed by atoms with van der Waals surface area (Å²) in [5.41, 5.74) is 3.08. The van der Waals surface area contributed by atoms with Gasteiger partial charge in [0.15, 0.2) is 5.65 Å². The van der Waals surface area contributed by atoms with Crippen molar-refractivity contribution in [1.29, 1.82) is 0 Å². The molecule has 0 N–H and O–H groups in total. The predicted molar refractivity (Wildman–Crippen MR) is 115 cm³/mol. The number of ether oxygens (including phenoxy) is 2. The predicted octanol–water partition coefficient (Wildman–Crippen LogP) is 4.14. The first-order valence-electron chi connectivity index (χ1n) is 10.3. The largest absolute Gasteiger partial charge is 0.497 e. The average molecular weight is 409 g/mol. The molecule has 3 aromatic rings. The van der Waals surface area contributed by atoms with Gasteiger partial charge in [0.25, 0.3) is 5.91 Å². The van der Waals surface area contributed by atoms with Crippen molar-refractivity contribution in [2.24, 2.45) is 0 Å². The highest BCUT2D eigenvalue weighted by atomic mass is 16.5. The molecule has 0 aliphatic heterocycles. The topological polar surface area (TPSA) is 69.5 Å². The van der Waals surface area contributed by atoms with Crippen molar-refractivity contribution >= 4 is 16.9 Å². The number of amides is 1. The van der Waals surface area contributed by atoms with Gasteiger partial charge < -0.3 is 14.4 Å². The molecule has 1 fully saturated rings. The van der Waals surface area contributed by atoms with E-state index in [9.17, 15) is 4.79 Å². The van der Waals surface area contributed by atoms with Crippen molar-refractivity contribution < 1.29 is 14.3 Å². The zero-order valence-corrected chi connectivity index (χ0v) is 18.2. The van der Waals surface area contributed by atoms with Crippen LogP contribution in [0, 0.1) is 6.92 Å². The molecule has 1 amide bonds. The van der Waals surface area contributed by atoms with Crippen LogP contribution in [0.25, 0.3) is 11.0 Å². The minimum atomic E-state index is -0.00781. The van der Waals surface area contributed by atoms with Gasteiger partial charge in [-0.15, -0.1) is 0 Å². The fourth-order valence-electron chi connectivity index (χ4n) is 3.76. The lowest BCUT2D eigenvalue weighted by Crippen LogP contribution is -2.33. The van der Waals surface area contributed by atoms with E-state index in [2.05, 4.69) is 18.9 Å². The molecule has 1 saturated carbocycles. The van der Waals surface area contributed by atoms with Gasteiger partial charge in [-0.1, -0.05) is 0 Å². The minimum absolute atomic E-state index is 0.00781. The van der Waals surface area contributed by atoms with E-state index in [1.54, 1.807) is 20.4 Å². The van der Waals surface area contributed by atoms with Gasteiger partial charge in [-0.05, 0) is 57.9 Å². The quantitative estimate of drug-likeness (QED) is 0.588. The second-order valence-corrected chi connectivity index (χ2v) is 8.06. The number of aryl methyl sites for hydroxylation is 1. The van der Waals surface area contributed by atoms with Gasteiger partial charge in [0.05, 0.1) is 38.2 Å². The van der Waals surface area contributed by atoms with E-state index in [4.69, 9.17) is 14.5 Å². The van der Waals surface area contributed by atoms with Crippen LogP contribution in [0.1, 0.15) is 54.3 Å². The third-order valence-corrected chi connectivity index (χ3v) is 5.56. The summed E-state index contributed by atoms with van der Waals surface area (Å²) in [7, 11) is 3.28. The van der Waals surface area contributed by atoms with Gasteiger partial charge in [0.2, 0.25) is 0 Å². The minimum Gasteiger partial charge on any atom is -0.497 e. The Morgan fingerprint density at radius 1 is 1.23 bits per heavy atom. The number of carbonyl (C=O) groups excluding carboxylic acids is 1. The molecule has 1 aliphatic carbocycles. The maximum atomic E-state index is 13.6. The first kappa shape index (κ1) is 20.2. The van der Waals surface area contributed by atoms with Gasteiger partial charge in [0.1, 0.15) is 11.5 Å². The Balaban J connectivity index is 1.69. The van der Waals surface area contributed by atoms with Crippen LogP contribution in [0.3, 0.4) is 0 Å². The molecule has 30 heavy (non-hydrogen) atoms. The van der Waals surface area contributed by atoms with Crippen molar-refractivity contribution in [3.05, 3.63) is 47.3 Å². The van der Waals surface area contributed by atoms with Crippen LogP contribution in [-0.4, -0.2) is 45.8 Å². The monoisotopic (exact) mass is 408 g/mol. The lowest BCUT2D eigenvalue weighted by Gasteiger charge is -2.24. The van der Waals surface area contributed by atoms with Crippen LogP contribution < -0.4 is 9.47 Å². The highest BCUT2D eigenvalue weighted by molar-refractivity contribution is 5.98. The molecule has 0 saturated heterocycles. The van der Waals surface area contributed by atoms with Gasteiger partial charge in [-0.25, -0.2) is 9.67 Å². The molecule has 7 heteroatoms. The summed E-state index contributed by atoms with van der Waals surface area (Å²) in [6.45, 7) is 6.49. The fourth-order valence-corrected chi connectivity index (χ4v) is 3.76. The number of rotatable bonds is 7. The molecule has 4 rings (SSSR count). The number of hydrogen-bond acceptors (Lipinski definition) is 5. The molecule has 7 nitrogen and oxygen atoms in total. The average Bonchev–Trinajstić information content (AvgIpc) is 3.49. The first-order chi connectivity index (χ1) is 14.4. The molecule has 2 heterocycles. The molecule has 0 spiro atoms. The maximum absolute atomic E-state index is 13.6. The molecular weight excluding hydrogens is 380 g/mol. The standard InChI is InChI=1S/C23H28N4O3/c1-14(2)27-22-16(12-24-27)11-20(15(3)25-22)23(28)26(18-6-7-18)13-17-10-19(29-4)8-9-21(17)30-5/h8-12,14,18H,6-7,13H2,1-5H3. The van der Waals surface area contributed by atoms with Crippen LogP contribution in [0.2, 0.25) is 0 Å². The Bertz CT molecular complexity index is 1090. The van der Waals surface area contributed by atoms with Crippen molar-refractivity contribution in [3.8, 4) is 11.5 Å². The third kappa shape index (κ3) is 3.72. The second-order valence-electron chi connectivity index (χ2n) is 8.06. The number of nitrogens with zero attached hydrogens (tertiary/aromatic N) is 4. The second kappa shape index (κ2) is 7.97. The van der Waals surface area contributed by atoms with Crippen molar-refractivity contribution in [3.63, 3.8) is 0 Å². The maximum Gasteiger partial charge on any atom is 0.256 e. The van der Waals surface area contributed by atoms with Gasteiger partial charge in [-0.3, -0.25) is 4.79 Å². The van der Waals surface area contributed by atoms with E-state index < -0.39 is 0 Å². The van der Waals surface area contributed by atoms with Crippen molar-refractivity contribution in [2.75, 3.05) is 14.2 Å². The number of hydrogen-bond donors (Lipinski definition) is 0. The molecular formula is C23H28N4O3. The third-order valence-electron chi connectivity index (χ3n) is 5.56. The summed E-state index contributed by atoms with van der Waals surface area (Å²) in [5, 5.41) is 5.32. The van der Waals surface area contributed by atoms with Gasteiger partial charge in [-0.2, -0.15) is 5.10 Å². The summed E-state index contributed by atoms with van der Waals surface area (Å²) >= 11 is 0. The summed E-state index contributed by atoms with van der Waals surface area (Å²) in [6.07, 6.45) is 3.81. The van der Waals surface area contributed by atoms with Crippen LogP contribution in [0.5, 0.6) is 11.5 Å². The molecule has 0 bridgehead atoms. The molecule has 158 valence electrons. The number of fused-ring (bicyclic) bond motifs is 1. The van der Waals surface area contributed by atoms with Gasteiger partial charge >= 0.3 is 0 Å². The molecule has 1 aliphatic rings. The number of aromatic nitrogens is 3. The molecule has 2 aromatic heterocycles. The Hall–Kier alpha value is -3.09. The van der Waals surface area contributed by atoms with Crippen LogP contribution in [-0.2, 0) is 6.54 Å². The Kier molecular flexibility index (Phi) is 5.37. The SMILES string of the molecule is COc1ccc(OC)c(CN(C(=O)c2cc3cnn(C(C)C)c3nc2C)C2CC2)c1. The number of benzene rings is 1. The van der Waals surface area contributed by atoms with Crippen LogP contribution in [0.4, 0.5) is 0 Å². The van der Waals surface area contributed by atoms with E-state index in [0.717, 1.165) is 46.6 Å². The Morgan fingerprint density at radius 2 is 2.00 bits per heavy atom. The number of pyridine rings is 1. The fraction of sp³-hybridized carbons (Fsp3) is 0.435. The summed E-state index contributed by atoms with van der Waals surface area (Å²) in [4.78, 5) is 20.2. The van der Waals surface area contributed by atoms with E-state index in [0.29, 0.717) is 12.1 Å². The highest BCUT2D eigenvalue weighted by Crippen LogP contribution is 2.33. The Morgan fingerprint density at radius 3 is 2.63 bits per heavy atom. The lowest BCUT2D eigenvalue weighted by molar-refractivity contribution is 0.0727. The number of methoxy groups -OCH3 is 2. The Labute approximate surface area is 176 Å². The van der Waals surface area contributed by atoms with Gasteiger partial charge in [0, 0.05) is 23.0 Å². The summed E-state index contributed by atoms with van der Waals surface area (Å²) < 4.78 is 12.8. The lowest BCUT2D eigenvalue weighted by atomic mass is 10.1. The summed E-state index contributed by atoms with van der Waals surface area (Å²) in [5.74, 6) is 1.48. The van der Waals surface area contributed by atoms with E-state index >= 15 is 0 Å². The van der Waals surface area contributed by atoms with E-state index in [1.165, 1.54) is 0 Å². The van der Waals surface area contributed by atoms with Crippen molar-refractivity contribution in [1.82, 2.24) is 19.7 Å². The highest BCUT2D eigenvalue weighted by Gasteiger charge is 2.34. The molecule has 0 atom stereocenters. The normalized spacial score (nSPS) is 13.7. The molecule has 0 radical (unpaired) electrons. The smallest absolute Gasteiger partial charge is 0.256 e.